The Bertz CT molecular complexity index is 1260. The summed E-state index contributed by atoms with van der Waals surface area (Å²) in [6.45, 7) is 3.34. The molecule has 3 heterocycles. The lowest BCUT2D eigenvalue weighted by molar-refractivity contribution is -0.141. The van der Waals surface area contributed by atoms with E-state index in [4.69, 9.17) is 0 Å². The Balaban J connectivity index is 1.53. The lowest BCUT2D eigenvalue weighted by atomic mass is 9.99. The summed E-state index contributed by atoms with van der Waals surface area (Å²) in [5, 5.41) is 6.50. The summed E-state index contributed by atoms with van der Waals surface area (Å²) >= 11 is 0. The highest BCUT2D eigenvalue weighted by Crippen LogP contribution is 2.32. The van der Waals surface area contributed by atoms with Gasteiger partial charge in [-0.3, -0.25) is 4.79 Å². The summed E-state index contributed by atoms with van der Waals surface area (Å²) in [6.07, 6.45) is -1.20. The van der Waals surface area contributed by atoms with Crippen molar-refractivity contribution in [3.05, 3.63) is 64.2 Å². The molecule has 0 bridgehead atoms. The fourth-order valence-electron chi connectivity index (χ4n) is 4.09. The van der Waals surface area contributed by atoms with Gasteiger partial charge in [0.15, 0.2) is 0 Å². The number of aryl methyl sites for hydroxylation is 1. The molecule has 0 atom stereocenters. The summed E-state index contributed by atoms with van der Waals surface area (Å²) in [7, 11) is 1.65. The molecule has 1 aromatic carbocycles. The van der Waals surface area contributed by atoms with Crippen LogP contribution in [-0.4, -0.2) is 28.7 Å². The van der Waals surface area contributed by atoms with Crippen molar-refractivity contribution in [2.75, 3.05) is 23.3 Å². The van der Waals surface area contributed by atoms with E-state index in [0.717, 1.165) is 18.9 Å². The van der Waals surface area contributed by atoms with Crippen LogP contribution in [0.4, 0.5) is 29.5 Å². The molecule has 0 unspecified atom stereocenters. The zero-order valence-corrected chi connectivity index (χ0v) is 18.9. The molecule has 3 aromatic rings. The number of pyridine rings is 2. The van der Waals surface area contributed by atoms with Gasteiger partial charge in [0.05, 0.1) is 5.69 Å². The summed E-state index contributed by atoms with van der Waals surface area (Å²) in [5.41, 5.74) is -0.169. The number of nitrogens with one attached hydrogen (secondary N) is 2. The number of carbonyl (C=O) groups excluding carboxylic acids is 1. The Morgan fingerprint density at radius 3 is 2.56 bits per heavy atom. The van der Waals surface area contributed by atoms with Gasteiger partial charge >= 0.3 is 12.2 Å². The van der Waals surface area contributed by atoms with Crippen molar-refractivity contribution in [2.45, 2.75) is 32.5 Å². The van der Waals surface area contributed by atoms with E-state index in [1.54, 1.807) is 37.5 Å². The van der Waals surface area contributed by atoms with Gasteiger partial charge < -0.3 is 20.1 Å². The van der Waals surface area contributed by atoms with Crippen molar-refractivity contribution in [1.29, 1.82) is 0 Å². The lowest BCUT2D eigenvalue weighted by Crippen LogP contribution is -2.35. The van der Waals surface area contributed by atoms with Gasteiger partial charge in [0, 0.05) is 49.2 Å². The van der Waals surface area contributed by atoms with Crippen molar-refractivity contribution in [1.82, 2.24) is 14.9 Å². The van der Waals surface area contributed by atoms with E-state index in [0.29, 0.717) is 41.0 Å². The van der Waals surface area contributed by atoms with Crippen molar-refractivity contribution < 1.29 is 18.0 Å². The number of nitrogens with zero attached hydrogens (tertiary/aromatic N) is 3. The number of aromatic nitrogens is 2. The summed E-state index contributed by atoms with van der Waals surface area (Å²) in [4.78, 5) is 30.7. The third kappa shape index (κ3) is 5.00. The van der Waals surface area contributed by atoms with E-state index < -0.39 is 17.9 Å². The number of rotatable bonds is 4. The molecule has 2 N–H and O–H groups in total. The first-order chi connectivity index (χ1) is 16.1. The number of fused-ring (bicyclic) bond motifs is 1. The summed E-state index contributed by atoms with van der Waals surface area (Å²) in [6, 6.07) is 8.54. The van der Waals surface area contributed by atoms with Gasteiger partial charge in [0.1, 0.15) is 11.5 Å². The molecule has 1 aliphatic rings. The third-order valence-corrected chi connectivity index (χ3v) is 6.14. The van der Waals surface area contributed by atoms with Crippen LogP contribution in [0.15, 0.2) is 47.4 Å². The highest BCUT2D eigenvalue weighted by molar-refractivity contribution is 6.01. The molecule has 2 aromatic heterocycles. The van der Waals surface area contributed by atoms with Gasteiger partial charge in [-0.15, -0.1) is 0 Å². The second-order valence-electron chi connectivity index (χ2n) is 8.65. The standard InChI is InChI=1S/C24H26F3N5O2/c1-15-8-12-32(13-9-15)21-16(6-7-20(30-21)24(25,26)27)14-28-23(34)29-19-5-3-4-18-17(19)10-11-31(2)22(18)33/h3-7,10-11,15H,8-9,12-14H2,1-2H3,(H2,28,29,34). The summed E-state index contributed by atoms with van der Waals surface area (Å²) in [5.74, 6) is 0.752. The molecule has 0 spiro atoms. The zero-order valence-electron chi connectivity index (χ0n) is 18.9. The quantitative estimate of drug-likeness (QED) is 0.585. The fraction of sp³-hybridized carbons (Fsp3) is 0.375. The van der Waals surface area contributed by atoms with Crippen LogP contribution in [0, 0.1) is 5.92 Å². The van der Waals surface area contributed by atoms with E-state index in [2.05, 4.69) is 22.5 Å². The number of halogens is 3. The van der Waals surface area contributed by atoms with Crippen molar-refractivity contribution >= 4 is 28.3 Å². The smallest absolute Gasteiger partial charge is 0.356 e. The van der Waals surface area contributed by atoms with Gasteiger partial charge in [0.2, 0.25) is 0 Å². The molecule has 2 amide bonds. The predicted molar refractivity (Wildman–Crippen MR) is 125 cm³/mol. The molecular formula is C24H26F3N5O2. The van der Waals surface area contributed by atoms with E-state index in [1.807, 2.05) is 4.90 Å². The summed E-state index contributed by atoms with van der Waals surface area (Å²) < 4.78 is 41.3. The maximum absolute atomic E-state index is 13.3. The minimum atomic E-state index is -4.55. The Hall–Kier alpha value is -3.56. The molecule has 34 heavy (non-hydrogen) atoms. The van der Waals surface area contributed by atoms with Gasteiger partial charge in [-0.25, -0.2) is 9.78 Å². The number of piperidine rings is 1. The Morgan fingerprint density at radius 1 is 1.12 bits per heavy atom. The number of urea groups is 1. The molecule has 0 radical (unpaired) electrons. The number of benzene rings is 1. The SMILES string of the molecule is CC1CCN(c2nc(C(F)(F)F)ccc2CNC(=O)Nc2cccc3c(=O)n(C)ccc23)CC1. The first kappa shape index (κ1) is 23.6. The van der Waals surface area contributed by atoms with Crippen LogP contribution in [0.5, 0.6) is 0 Å². The second-order valence-corrected chi connectivity index (χ2v) is 8.65. The number of carbonyl (C=O) groups is 1. The van der Waals surface area contributed by atoms with E-state index >= 15 is 0 Å². The topological polar surface area (TPSA) is 79.3 Å². The Morgan fingerprint density at radius 2 is 1.85 bits per heavy atom. The molecule has 180 valence electrons. The average Bonchev–Trinajstić information content (AvgIpc) is 2.80. The molecule has 0 saturated carbocycles. The third-order valence-electron chi connectivity index (χ3n) is 6.14. The van der Waals surface area contributed by atoms with Crippen LogP contribution in [-0.2, 0) is 19.8 Å². The molecular weight excluding hydrogens is 447 g/mol. The van der Waals surface area contributed by atoms with Crippen LogP contribution >= 0.6 is 0 Å². The first-order valence-corrected chi connectivity index (χ1v) is 11.1. The Labute approximate surface area is 194 Å². The van der Waals surface area contributed by atoms with Crippen LogP contribution < -0.4 is 21.1 Å². The van der Waals surface area contributed by atoms with Gasteiger partial charge in [-0.1, -0.05) is 19.1 Å². The number of amides is 2. The molecule has 7 nitrogen and oxygen atoms in total. The average molecular weight is 473 g/mol. The molecule has 10 heteroatoms. The maximum atomic E-state index is 13.3. The minimum absolute atomic E-state index is 0.00485. The van der Waals surface area contributed by atoms with Crippen molar-refractivity contribution in [3.8, 4) is 0 Å². The number of hydrogen-bond donors (Lipinski definition) is 2. The normalized spacial score (nSPS) is 14.9. The fourth-order valence-corrected chi connectivity index (χ4v) is 4.09. The van der Waals surface area contributed by atoms with E-state index in [9.17, 15) is 22.8 Å². The number of alkyl halides is 3. The monoisotopic (exact) mass is 473 g/mol. The molecule has 1 saturated heterocycles. The van der Waals surface area contributed by atoms with Gasteiger partial charge in [0.25, 0.3) is 5.56 Å². The first-order valence-electron chi connectivity index (χ1n) is 11.1. The van der Waals surface area contributed by atoms with Crippen LogP contribution in [0.25, 0.3) is 10.8 Å². The van der Waals surface area contributed by atoms with Gasteiger partial charge in [-0.2, -0.15) is 13.2 Å². The predicted octanol–water partition coefficient (Wildman–Crippen LogP) is 4.51. The Kier molecular flexibility index (Phi) is 6.49. The van der Waals surface area contributed by atoms with Crippen LogP contribution in [0.3, 0.4) is 0 Å². The minimum Gasteiger partial charge on any atom is -0.356 e. The zero-order chi connectivity index (χ0) is 24.5. The maximum Gasteiger partial charge on any atom is 0.433 e. The second kappa shape index (κ2) is 9.36. The van der Waals surface area contributed by atoms with E-state index in [1.165, 1.54) is 10.6 Å². The van der Waals surface area contributed by atoms with Gasteiger partial charge in [-0.05, 0) is 43.0 Å². The van der Waals surface area contributed by atoms with Crippen LogP contribution in [0.1, 0.15) is 31.0 Å². The largest absolute Gasteiger partial charge is 0.433 e. The van der Waals surface area contributed by atoms with Crippen molar-refractivity contribution in [2.24, 2.45) is 13.0 Å². The van der Waals surface area contributed by atoms with Crippen LogP contribution in [0.2, 0.25) is 0 Å². The molecule has 1 fully saturated rings. The van der Waals surface area contributed by atoms with Crippen molar-refractivity contribution in [3.63, 3.8) is 0 Å². The highest BCUT2D eigenvalue weighted by atomic mass is 19.4. The lowest BCUT2D eigenvalue weighted by Gasteiger charge is -2.33. The molecule has 0 aliphatic carbocycles. The number of anilines is 2. The highest BCUT2D eigenvalue weighted by Gasteiger charge is 2.34. The van der Waals surface area contributed by atoms with E-state index in [-0.39, 0.29) is 17.9 Å². The molecule has 4 rings (SSSR count). The molecule has 1 aliphatic heterocycles. The number of hydrogen-bond acceptors (Lipinski definition) is 4.